The van der Waals surface area contributed by atoms with E-state index in [4.69, 9.17) is 10.2 Å². The second-order valence-corrected chi connectivity index (χ2v) is 9.79. The summed E-state index contributed by atoms with van der Waals surface area (Å²) >= 11 is 1.08. The molecule has 3 amide bonds. The number of furan rings is 1. The first-order valence-electron chi connectivity index (χ1n) is 9.19. The summed E-state index contributed by atoms with van der Waals surface area (Å²) in [5.74, 6) is -1.75. The molecule has 1 aliphatic rings. The molecule has 1 saturated heterocycles. The molecule has 3 heterocycles. The SMILES string of the molecule is C[C@@H](NC(=O)[C@@H]1C[C@@H](NS(=O)(=O)c2cccs2)CCN1C(=O)c1ccco1)C(N)=O. The van der Waals surface area contributed by atoms with Crippen molar-refractivity contribution in [2.24, 2.45) is 5.73 Å². The first-order chi connectivity index (χ1) is 14.2. The predicted octanol–water partition coefficient (Wildman–Crippen LogP) is 0.283. The van der Waals surface area contributed by atoms with E-state index in [1.807, 2.05) is 0 Å². The highest BCUT2D eigenvalue weighted by atomic mass is 32.2. The van der Waals surface area contributed by atoms with Crippen LogP contribution in [0.5, 0.6) is 0 Å². The Bertz CT molecular complexity index is 1000. The molecule has 0 saturated carbocycles. The van der Waals surface area contributed by atoms with Crippen LogP contribution in [0.15, 0.2) is 44.5 Å². The highest BCUT2D eigenvalue weighted by molar-refractivity contribution is 7.91. The Morgan fingerprint density at radius 1 is 1.30 bits per heavy atom. The molecule has 3 atom stereocenters. The maximum absolute atomic E-state index is 12.8. The molecule has 1 fully saturated rings. The number of likely N-dealkylation sites (tertiary alicyclic amines) is 1. The Labute approximate surface area is 177 Å². The number of thiophene rings is 1. The number of rotatable bonds is 7. The van der Waals surface area contributed by atoms with Crippen molar-refractivity contribution in [1.82, 2.24) is 14.9 Å². The van der Waals surface area contributed by atoms with Crippen LogP contribution in [0.3, 0.4) is 0 Å². The number of sulfonamides is 1. The average molecular weight is 455 g/mol. The molecule has 2 aromatic heterocycles. The summed E-state index contributed by atoms with van der Waals surface area (Å²) in [6.07, 6.45) is 1.69. The van der Waals surface area contributed by atoms with E-state index >= 15 is 0 Å². The summed E-state index contributed by atoms with van der Waals surface area (Å²) in [5, 5.41) is 4.13. The van der Waals surface area contributed by atoms with Crippen LogP contribution < -0.4 is 15.8 Å². The van der Waals surface area contributed by atoms with Crippen LogP contribution in [0.25, 0.3) is 0 Å². The summed E-state index contributed by atoms with van der Waals surface area (Å²) in [4.78, 5) is 38.3. The van der Waals surface area contributed by atoms with Gasteiger partial charge >= 0.3 is 0 Å². The van der Waals surface area contributed by atoms with Crippen LogP contribution in [0, 0.1) is 0 Å². The van der Waals surface area contributed by atoms with E-state index in [1.54, 1.807) is 17.5 Å². The van der Waals surface area contributed by atoms with Crippen LogP contribution in [0.4, 0.5) is 0 Å². The summed E-state index contributed by atoms with van der Waals surface area (Å²) in [6, 6.07) is 3.63. The Morgan fingerprint density at radius 2 is 2.07 bits per heavy atom. The number of nitrogens with zero attached hydrogens (tertiary/aromatic N) is 1. The molecule has 12 heteroatoms. The molecule has 2 aromatic rings. The molecule has 0 aliphatic carbocycles. The number of nitrogens with one attached hydrogen (secondary N) is 2. The van der Waals surface area contributed by atoms with Crippen LogP contribution in [0.1, 0.15) is 30.3 Å². The van der Waals surface area contributed by atoms with Crippen LogP contribution in [-0.2, 0) is 19.6 Å². The van der Waals surface area contributed by atoms with E-state index in [-0.39, 0.29) is 22.9 Å². The Morgan fingerprint density at radius 3 is 2.67 bits per heavy atom. The number of piperidine rings is 1. The fourth-order valence-corrected chi connectivity index (χ4v) is 5.47. The third kappa shape index (κ3) is 4.89. The average Bonchev–Trinajstić information content (AvgIpc) is 3.41. The molecule has 0 spiro atoms. The zero-order chi connectivity index (χ0) is 21.9. The zero-order valence-electron chi connectivity index (χ0n) is 16.1. The van der Waals surface area contributed by atoms with Crippen molar-refractivity contribution in [2.75, 3.05) is 6.54 Å². The lowest BCUT2D eigenvalue weighted by molar-refractivity contribution is -0.131. The number of nitrogens with two attached hydrogens (primary N) is 1. The minimum Gasteiger partial charge on any atom is -0.459 e. The molecule has 10 nitrogen and oxygen atoms in total. The monoisotopic (exact) mass is 454 g/mol. The van der Waals surface area contributed by atoms with Crippen molar-refractivity contribution in [2.45, 2.75) is 42.1 Å². The maximum Gasteiger partial charge on any atom is 0.290 e. The third-order valence-corrected chi connectivity index (χ3v) is 7.68. The van der Waals surface area contributed by atoms with Crippen LogP contribution >= 0.6 is 11.3 Å². The van der Waals surface area contributed by atoms with Crippen molar-refractivity contribution < 1.29 is 27.2 Å². The second-order valence-electron chi connectivity index (χ2n) is 6.90. The van der Waals surface area contributed by atoms with Gasteiger partial charge in [-0.1, -0.05) is 6.07 Å². The number of amides is 3. The number of primary amides is 1. The van der Waals surface area contributed by atoms with Gasteiger partial charge in [-0.15, -0.1) is 11.3 Å². The number of hydrogen-bond acceptors (Lipinski definition) is 7. The van der Waals surface area contributed by atoms with E-state index in [1.165, 1.54) is 30.2 Å². The molecular formula is C18H22N4O6S2. The zero-order valence-corrected chi connectivity index (χ0v) is 17.7. The Kier molecular flexibility index (Phi) is 6.58. The molecule has 4 N–H and O–H groups in total. The van der Waals surface area contributed by atoms with E-state index < -0.39 is 45.9 Å². The fraction of sp³-hybridized carbons (Fsp3) is 0.389. The number of hydrogen-bond donors (Lipinski definition) is 3. The van der Waals surface area contributed by atoms with Crippen molar-refractivity contribution in [1.29, 1.82) is 0 Å². The minimum atomic E-state index is -3.74. The first kappa shape index (κ1) is 22.0. The van der Waals surface area contributed by atoms with E-state index in [0.717, 1.165) is 11.3 Å². The normalized spacial score (nSPS) is 20.5. The van der Waals surface area contributed by atoms with Gasteiger partial charge in [0.15, 0.2) is 5.76 Å². The molecule has 3 rings (SSSR count). The van der Waals surface area contributed by atoms with Crippen molar-refractivity contribution in [3.05, 3.63) is 41.7 Å². The molecule has 0 radical (unpaired) electrons. The van der Waals surface area contributed by atoms with E-state index in [0.29, 0.717) is 6.42 Å². The van der Waals surface area contributed by atoms with Gasteiger partial charge in [-0.2, -0.15) is 0 Å². The van der Waals surface area contributed by atoms with Crippen molar-refractivity contribution in [3.8, 4) is 0 Å². The summed E-state index contributed by atoms with van der Waals surface area (Å²) in [7, 11) is -3.74. The third-order valence-electron chi connectivity index (χ3n) is 4.77. The molecule has 1 aliphatic heterocycles. The van der Waals surface area contributed by atoms with Gasteiger partial charge in [0.2, 0.25) is 21.8 Å². The smallest absolute Gasteiger partial charge is 0.290 e. The number of carbonyl (C=O) groups is 3. The highest BCUT2D eigenvalue weighted by Crippen LogP contribution is 2.24. The predicted molar refractivity (Wildman–Crippen MR) is 108 cm³/mol. The lowest BCUT2D eigenvalue weighted by atomic mass is 9.96. The maximum atomic E-state index is 12.8. The Hall–Kier alpha value is -2.70. The highest BCUT2D eigenvalue weighted by Gasteiger charge is 2.39. The topological polar surface area (TPSA) is 152 Å². The quantitative estimate of drug-likeness (QED) is 0.547. The van der Waals surface area contributed by atoms with Crippen molar-refractivity contribution in [3.63, 3.8) is 0 Å². The minimum absolute atomic E-state index is 0.0361. The standard InChI is InChI=1S/C18H22N4O6S2/c1-11(16(19)23)20-17(24)13-10-12(21-30(26,27)15-5-3-9-29-15)6-7-22(13)18(25)14-4-2-8-28-14/h2-5,8-9,11-13,21H,6-7,10H2,1H3,(H2,19,23)(H,20,24)/t11-,12+,13+/m1/s1. The van der Waals surface area contributed by atoms with Gasteiger partial charge in [-0.25, -0.2) is 13.1 Å². The lowest BCUT2D eigenvalue weighted by Gasteiger charge is -2.38. The van der Waals surface area contributed by atoms with Crippen LogP contribution in [0.2, 0.25) is 0 Å². The first-order valence-corrected chi connectivity index (χ1v) is 11.6. The molecule has 0 bridgehead atoms. The summed E-state index contributed by atoms with van der Waals surface area (Å²) in [6.45, 7) is 1.55. The van der Waals surface area contributed by atoms with Gasteiger partial charge in [0.25, 0.3) is 5.91 Å². The molecule has 162 valence electrons. The van der Waals surface area contributed by atoms with Gasteiger partial charge in [0, 0.05) is 12.6 Å². The van der Waals surface area contributed by atoms with Gasteiger partial charge in [-0.3, -0.25) is 14.4 Å². The Balaban J connectivity index is 1.80. The van der Waals surface area contributed by atoms with Crippen LogP contribution in [-0.4, -0.2) is 55.7 Å². The van der Waals surface area contributed by atoms with Gasteiger partial charge in [0.1, 0.15) is 16.3 Å². The fourth-order valence-electron chi connectivity index (χ4n) is 3.18. The summed E-state index contributed by atoms with van der Waals surface area (Å²) < 4.78 is 33.0. The van der Waals surface area contributed by atoms with Gasteiger partial charge in [-0.05, 0) is 43.3 Å². The van der Waals surface area contributed by atoms with Crippen molar-refractivity contribution >= 4 is 39.1 Å². The molecular weight excluding hydrogens is 432 g/mol. The largest absolute Gasteiger partial charge is 0.459 e. The number of carbonyl (C=O) groups excluding carboxylic acids is 3. The molecule has 30 heavy (non-hydrogen) atoms. The van der Waals surface area contributed by atoms with E-state index in [9.17, 15) is 22.8 Å². The lowest BCUT2D eigenvalue weighted by Crippen LogP contribution is -2.59. The van der Waals surface area contributed by atoms with E-state index in [2.05, 4.69) is 10.0 Å². The molecule has 0 aromatic carbocycles. The summed E-state index contributed by atoms with van der Waals surface area (Å²) in [5.41, 5.74) is 5.21. The molecule has 0 unspecified atom stereocenters. The second kappa shape index (κ2) is 8.98. The van der Waals surface area contributed by atoms with Gasteiger partial charge < -0.3 is 20.4 Å². The van der Waals surface area contributed by atoms with Gasteiger partial charge in [0.05, 0.1) is 6.26 Å².